The van der Waals surface area contributed by atoms with Crippen LogP contribution in [0.3, 0.4) is 0 Å². The summed E-state index contributed by atoms with van der Waals surface area (Å²) in [6, 6.07) is 17.8. The van der Waals surface area contributed by atoms with Crippen molar-refractivity contribution < 1.29 is 19.1 Å². The molecule has 0 saturated carbocycles. The Morgan fingerprint density at radius 3 is 2.09 bits per heavy atom. The second kappa shape index (κ2) is 12.3. The molecule has 0 aliphatic carbocycles. The van der Waals surface area contributed by atoms with Crippen LogP contribution in [0.25, 0.3) is 0 Å². The Hall–Kier alpha value is -2.80. The van der Waals surface area contributed by atoms with Crippen LogP contribution in [0.2, 0.25) is 0 Å². The van der Waals surface area contributed by atoms with Crippen LogP contribution in [0.15, 0.2) is 60.7 Å². The van der Waals surface area contributed by atoms with Gasteiger partial charge in [0, 0.05) is 28.6 Å². The molecule has 1 aliphatic rings. The van der Waals surface area contributed by atoms with Crippen LogP contribution >= 0.6 is 11.8 Å². The van der Waals surface area contributed by atoms with E-state index in [9.17, 15) is 14.4 Å². The van der Waals surface area contributed by atoms with E-state index in [-0.39, 0.29) is 35.1 Å². The summed E-state index contributed by atoms with van der Waals surface area (Å²) >= 11 is 1.76. The van der Waals surface area contributed by atoms with Crippen LogP contribution < -0.4 is 10.6 Å². The summed E-state index contributed by atoms with van der Waals surface area (Å²) in [5, 5.41) is 6.42. The molecule has 2 N–H and O–H groups in total. The number of carbonyl (C=O) groups is 3. The second-order valence-electron chi connectivity index (χ2n) is 7.73. The number of nitrogens with one attached hydrogen (secondary N) is 2. The number of hydrogen-bond donors (Lipinski definition) is 2. The molecule has 2 amide bonds. The maximum atomic E-state index is 12.8. The number of ether oxygens (including phenoxy) is 1. The number of thioether (sulfide) groups is 1. The van der Waals surface area contributed by atoms with Gasteiger partial charge in [-0.05, 0) is 44.0 Å². The summed E-state index contributed by atoms with van der Waals surface area (Å²) in [5.74, 6) is 0.265. The highest BCUT2D eigenvalue weighted by atomic mass is 32.2. The Labute approximate surface area is 193 Å². The van der Waals surface area contributed by atoms with Gasteiger partial charge in [-0.2, -0.15) is 11.8 Å². The highest BCUT2D eigenvalue weighted by molar-refractivity contribution is 8.00. The van der Waals surface area contributed by atoms with Gasteiger partial charge in [-0.3, -0.25) is 14.4 Å². The van der Waals surface area contributed by atoms with Crippen LogP contribution in [0.1, 0.15) is 53.3 Å². The molecule has 6 nitrogen and oxygen atoms in total. The highest BCUT2D eigenvalue weighted by Crippen LogP contribution is 2.32. The minimum atomic E-state index is -0.192. The molecule has 3 unspecified atom stereocenters. The van der Waals surface area contributed by atoms with Crippen molar-refractivity contribution >= 4 is 29.5 Å². The Kier molecular flexibility index (Phi) is 9.16. The number of hydrogen-bond acceptors (Lipinski definition) is 5. The first-order chi connectivity index (χ1) is 15.6. The first kappa shape index (κ1) is 23.9. The van der Waals surface area contributed by atoms with Crippen LogP contribution in [-0.2, 0) is 9.53 Å². The highest BCUT2D eigenvalue weighted by Gasteiger charge is 2.38. The third-order valence-electron chi connectivity index (χ3n) is 5.43. The third-order valence-corrected chi connectivity index (χ3v) is 6.94. The van der Waals surface area contributed by atoms with Gasteiger partial charge in [0.2, 0.25) is 0 Å². The van der Waals surface area contributed by atoms with Crippen LogP contribution in [0, 0.1) is 0 Å². The zero-order valence-electron chi connectivity index (χ0n) is 18.3. The van der Waals surface area contributed by atoms with Gasteiger partial charge in [0.25, 0.3) is 11.8 Å². The monoisotopic (exact) mass is 454 g/mol. The lowest BCUT2D eigenvalue weighted by atomic mass is 10.00. The third kappa shape index (κ3) is 6.85. The molecule has 170 valence electrons. The zero-order valence-corrected chi connectivity index (χ0v) is 19.1. The van der Waals surface area contributed by atoms with E-state index in [1.165, 1.54) is 0 Å². The van der Waals surface area contributed by atoms with Crippen molar-refractivity contribution in [3.63, 3.8) is 0 Å². The zero-order chi connectivity index (χ0) is 22.8. The number of rotatable bonds is 10. The predicted molar refractivity (Wildman–Crippen MR) is 127 cm³/mol. The number of unbranched alkanes of at least 4 members (excludes halogenated alkanes) is 1. The van der Waals surface area contributed by atoms with E-state index >= 15 is 0 Å². The fourth-order valence-corrected chi connectivity index (χ4v) is 5.34. The van der Waals surface area contributed by atoms with E-state index in [0.29, 0.717) is 24.2 Å². The van der Waals surface area contributed by atoms with E-state index in [1.807, 2.05) is 36.4 Å². The van der Waals surface area contributed by atoms with Gasteiger partial charge in [0.05, 0.1) is 18.7 Å². The van der Waals surface area contributed by atoms with Crippen LogP contribution in [-0.4, -0.2) is 47.5 Å². The maximum Gasteiger partial charge on any atom is 0.305 e. The molecule has 3 atom stereocenters. The summed E-state index contributed by atoms with van der Waals surface area (Å²) in [7, 11) is 0. The molecule has 0 spiro atoms. The number of esters is 1. The molecule has 1 saturated heterocycles. The van der Waals surface area contributed by atoms with E-state index in [0.717, 1.165) is 25.0 Å². The van der Waals surface area contributed by atoms with Crippen molar-refractivity contribution in [2.24, 2.45) is 0 Å². The summed E-state index contributed by atoms with van der Waals surface area (Å²) in [6.45, 7) is 2.20. The molecule has 0 radical (unpaired) electrons. The van der Waals surface area contributed by atoms with Crippen molar-refractivity contribution in [1.29, 1.82) is 0 Å². The first-order valence-corrected chi connectivity index (χ1v) is 12.1. The molecule has 0 aromatic heterocycles. The minimum absolute atomic E-state index is 0.141. The van der Waals surface area contributed by atoms with Crippen molar-refractivity contribution in [3.05, 3.63) is 71.8 Å². The Morgan fingerprint density at radius 2 is 1.50 bits per heavy atom. The SMILES string of the molecule is CCOC(=O)CCCCC1SCC(NC(=O)c2ccccc2)C1NC(=O)c1ccccc1. The van der Waals surface area contributed by atoms with Gasteiger partial charge in [-0.15, -0.1) is 0 Å². The molecule has 7 heteroatoms. The summed E-state index contributed by atoms with van der Waals surface area (Å²) < 4.78 is 4.99. The number of benzene rings is 2. The lowest BCUT2D eigenvalue weighted by molar-refractivity contribution is -0.143. The van der Waals surface area contributed by atoms with Crippen LogP contribution in [0.4, 0.5) is 0 Å². The van der Waals surface area contributed by atoms with Gasteiger partial charge < -0.3 is 15.4 Å². The molecule has 2 aromatic rings. The normalized spacial score (nSPS) is 19.8. The van der Waals surface area contributed by atoms with Crippen LogP contribution in [0.5, 0.6) is 0 Å². The average Bonchev–Trinajstić information content (AvgIpc) is 3.19. The van der Waals surface area contributed by atoms with E-state index in [1.54, 1.807) is 43.0 Å². The fourth-order valence-electron chi connectivity index (χ4n) is 3.80. The molecule has 1 aliphatic heterocycles. The molecule has 1 fully saturated rings. The molecule has 3 rings (SSSR count). The van der Waals surface area contributed by atoms with Gasteiger partial charge >= 0.3 is 5.97 Å². The van der Waals surface area contributed by atoms with E-state index in [4.69, 9.17) is 4.74 Å². The second-order valence-corrected chi connectivity index (χ2v) is 9.01. The maximum absolute atomic E-state index is 12.8. The van der Waals surface area contributed by atoms with Gasteiger partial charge in [0.1, 0.15) is 0 Å². The summed E-state index contributed by atoms with van der Waals surface area (Å²) in [5.41, 5.74) is 1.20. The summed E-state index contributed by atoms with van der Waals surface area (Å²) in [4.78, 5) is 37.1. The molecular formula is C25H30N2O4S. The molecule has 1 heterocycles. The Morgan fingerprint density at radius 1 is 0.906 bits per heavy atom. The van der Waals surface area contributed by atoms with Gasteiger partial charge in [-0.1, -0.05) is 42.8 Å². The van der Waals surface area contributed by atoms with Gasteiger partial charge in [0.15, 0.2) is 0 Å². The first-order valence-electron chi connectivity index (χ1n) is 11.1. The van der Waals surface area contributed by atoms with Crippen molar-refractivity contribution in [2.45, 2.75) is 49.9 Å². The largest absolute Gasteiger partial charge is 0.466 e. The van der Waals surface area contributed by atoms with Crippen molar-refractivity contribution in [1.82, 2.24) is 10.6 Å². The Bertz CT molecular complexity index is 891. The van der Waals surface area contributed by atoms with Gasteiger partial charge in [-0.25, -0.2) is 0 Å². The topological polar surface area (TPSA) is 84.5 Å². The standard InChI is InChI=1S/C25H30N2O4S/c1-2-31-22(28)16-10-9-15-21-23(27-25(30)19-13-7-4-8-14-19)20(17-32-21)26-24(29)18-11-5-3-6-12-18/h3-8,11-14,20-21,23H,2,9-10,15-17H2,1H3,(H,26,29)(H,27,30). The molecule has 2 aromatic carbocycles. The Balaban J connectivity index is 1.63. The lowest BCUT2D eigenvalue weighted by Crippen LogP contribution is -2.53. The van der Waals surface area contributed by atoms with Crippen molar-refractivity contribution in [3.8, 4) is 0 Å². The van der Waals surface area contributed by atoms with Crippen molar-refractivity contribution in [2.75, 3.05) is 12.4 Å². The van der Waals surface area contributed by atoms with E-state index in [2.05, 4.69) is 10.6 Å². The molecular weight excluding hydrogens is 424 g/mol. The van der Waals surface area contributed by atoms with E-state index < -0.39 is 0 Å². The number of amides is 2. The molecule has 32 heavy (non-hydrogen) atoms. The lowest BCUT2D eigenvalue weighted by Gasteiger charge is -2.26. The number of carbonyl (C=O) groups excluding carboxylic acids is 3. The quantitative estimate of drug-likeness (QED) is 0.421. The summed E-state index contributed by atoms with van der Waals surface area (Å²) in [6.07, 6.45) is 2.85. The predicted octanol–water partition coefficient (Wildman–Crippen LogP) is 3.82. The fraction of sp³-hybridized carbons (Fsp3) is 0.400. The minimum Gasteiger partial charge on any atom is -0.466 e. The molecule has 0 bridgehead atoms. The smallest absolute Gasteiger partial charge is 0.305 e. The average molecular weight is 455 g/mol.